The Morgan fingerprint density at radius 3 is 2.63 bits per heavy atom. The number of methoxy groups -OCH3 is 2. The Morgan fingerprint density at radius 2 is 1.91 bits per heavy atom. The van der Waals surface area contributed by atoms with Gasteiger partial charge in [-0.15, -0.1) is 0 Å². The first-order valence-electron chi connectivity index (χ1n) is 13.1. The standard InChI is InChI=1S/C27H37N3O5/c1-34-21-9-6-17(7-10-21)15-30-23-11-8-18-12-13-29(27(33)35-2)16-22(18)24(23)28-25(30)19-4-3-5-20(14-19)26(31)32/h8,11,17,19-21H,3-7,9-10,12-16H2,1-2H3,(H,31,32)/t17-,19-,20-,21+/m0/s1. The van der Waals surface area contributed by atoms with Crippen molar-refractivity contribution in [3.05, 3.63) is 29.1 Å². The number of benzene rings is 1. The molecule has 8 heteroatoms. The van der Waals surface area contributed by atoms with Gasteiger partial charge in [0, 0.05) is 31.7 Å². The molecule has 8 nitrogen and oxygen atoms in total. The number of carboxylic acid groups (broad SMARTS) is 1. The van der Waals surface area contributed by atoms with Crippen LogP contribution in [0.3, 0.4) is 0 Å². The molecule has 0 bridgehead atoms. The van der Waals surface area contributed by atoms with Gasteiger partial charge in [0.1, 0.15) is 5.82 Å². The Bertz CT molecular complexity index is 1090. The third-order valence-electron chi connectivity index (χ3n) is 8.54. The lowest BCUT2D eigenvalue weighted by atomic mass is 9.81. The number of aromatic nitrogens is 2. The molecule has 1 aromatic carbocycles. The molecule has 1 N–H and O–H groups in total. The van der Waals surface area contributed by atoms with Gasteiger partial charge in [-0.2, -0.15) is 0 Å². The second-order valence-corrected chi connectivity index (χ2v) is 10.6. The summed E-state index contributed by atoms with van der Waals surface area (Å²) >= 11 is 0. The summed E-state index contributed by atoms with van der Waals surface area (Å²) in [5, 5.41) is 9.70. The fourth-order valence-corrected chi connectivity index (χ4v) is 6.49. The topological polar surface area (TPSA) is 93.9 Å². The molecule has 2 fully saturated rings. The van der Waals surface area contributed by atoms with Crippen molar-refractivity contribution in [2.45, 2.75) is 82.9 Å². The molecule has 2 atom stereocenters. The number of hydrogen-bond acceptors (Lipinski definition) is 5. The molecule has 1 amide bonds. The smallest absolute Gasteiger partial charge is 0.409 e. The molecule has 190 valence electrons. The highest BCUT2D eigenvalue weighted by Gasteiger charge is 2.33. The number of ether oxygens (including phenoxy) is 2. The van der Waals surface area contributed by atoms with Crippen molar-refractivity contribution in [1.29, 1.82) is 0 Å². The highest BCUT2D eigenvalue weighted by Crippen LogP contribution is 2.40. The molecule has 0 unspecified atom stereocenters. The Morgan fingerprint density at radius 1 is 1.11 bits per heavy atom. The van der Waals surface area contributed by atoms with Gasteiger partial charge in [-0.25, -0.2) is 9.78 Å². The fourth-order valence-electron chi connectivity index (χ4n) is 6.49. The predicted octanol–water partition coefficient (Wildman–Crippen LogP) is 4.72. The van der Waals surface area contributed by atoms with Crippen molar-refractivity contribution in [2.75, 3.05) is 20.8 Å². The zero-order valence-electron chi connectivity index (χ0n) is 20.9. The van der Waals surface area contributed by atoms with E-state index >= 15 is 0 Å². The zero-order valence-corrected chi connectivity index (χ0v) is 20.9. The number of hydrogen-bond donors (Lipinski definition) is 1. The number of aliphatic carboxylic acids is 1. The lowest BCUT2D eigenvalue weighted by Crippen LogP contribution is -2.35. The number of carboxylic acids is 1. The second kappa shape index (κ2) is 10.2. The van der Waals surface area contributed by atoms with E-state index in [-0.39, 0.29) is 17.9 Å². The molecule has 3 aliphatic rings. The van der Waals surface area contributed by atoms with Crippen LogP contribution in [0.5, 0.6) is 0 Å². The average molecular weight is 484 g/mol. The quantitative estimate of drug-likeness (QED) is 0.661. The van der Waals surface area contributed by atoms with E-state index in [1.165, 1.54) is 12.7 Å². The van der Waals surface area contributed by atoms with E-state index < -0.39 is 5.97 Å². The van der Waals surface area contributed by atoms with Crippen molar-refractivity contribution in [3.8, 4) is 0 Å². The van der Waals surface area contributed by atoms with Crippen LogP contribution in [-0.4, -0.2) is 58.5 Å². The fraction of sp³-hybridized carbons (Fsp3) is 0.667. The molecule has 2 aromatic rings. The molecule has 2 saturated carbocycles. The average Bonchev–Trinajstić information content (AvgIpc) is 3.27. The van der Waals surface area contributed by atoms with Gasteiger partial charge in [-0.3, -0.25) is 4.79 Å². The molecule has 1 aromatic heterocycles. The van der Waals surface area contributed by atoms with Gasteiger partial charge in [0.15, 0.2) is 0 Å². The third-order valence-corrected chi connectivity index (χ3v) is 8.54. The van der Waals surface area contributed by atoms with Gasteiger partial charge >= 0.3 is 12.1 Å². The monoisotopic (exact) mass is 483 g/mol. The van der Waals surface area contributed by atoms with E-state index in [4.69, 9.17) is 14.5 Å². The Kier molecular flexibility index (Phi) is 7.00. The number of amides is 1. The van der Waals surface area contributed by atoms with Crippen LogP contribution in [0.1, 0.15) is 74.2 Å². The van der Waals surface area contributed by atoms with Crippen molar-refractivity contribution < 1.29 is 24.2 Å². The van der Waals surface area contributed by atoms with Gasteiger partial charge in [0.2, 0.25) is 0 Å². The van der Waals surface area contributed by atoms with Crippen LogP contribution in [0.2, 0.25) is 0 Å². The number of carbonyl (C=O) groups is 2. The Labute approximate surface area is 206 Å². The molecule has 35 heavy (non-hydrogen) atoms. The number of carbonyl (C=O) groups excluding carboxylic acids is 1. The normalized spacial score (nSPS) is 27.0. The Balaban J connectivity index is 1.53. The van der Waals surface area contributed by atoms with Crippen LogP contribution in [-0.2, 0) is 33.8 Å². The van der Waals surface area contributed by atoms with Gasteiger partial charge in [0.05, 0.1) is 36.7 Å². The highest BCUT2D eigenvalue weighted by molar-refractivity contribution is 5.82. The van der Waals surface area contributed by atoms with Gasteiger partial charge < -0.3 is 24.0 Å². The van der Waals surface area contributed by atoms with Crippen LogP contribution < -0.4 is 0 Å². The molecule has 1 aliphatic heterocycles. The largest absolute Gasteiger partial charge is 0.481 e. The first-order chi connectivity index (χ1) is 17.0. The summed E-state index contributed by atoms with van der Waals surface area (Å²) in [4.78, 5) is 31.0. The minimum atomic E-state index is -0.693. The first-order valence-corrected chi connectivity index (χ1v) is 13.1. The van der Waals surface area contributed by atoms with E-state index in [0.29, 0.717) is 31.5 Å². The van der Waals surface area contributed by atoms with Gasteiger partial charge in [0.25, 0.3) is 0 Å². The number of rotatable bonds is 5. The van der Waals surface area contributed by atoms with Crippen molar-refractivity contribution in [1.82, 2.24) is 14.5 Å². The molecule has 0 radical (unpaired) electrons. The summed E-state index contributed by atoms with van der Waals surface area (Å²) < 4.78 is 13.0. The molecular weight excluding hydrogens is 446 g/mol. The molecule has 2 aliphatic carbocycles. The summed E-state index contributed by atoms with van der Waals surface area (Å²) in [6.07, 6.45) is 8.53. The summed E-state index contributed by atoms with van der Waals surface area (Å²) in [7, 11) is 3.22. The van der Waals surface area contributed by atoms with Crippen LogP contribution in [0.25, 0.3) is 11.0 Å². The van der Waals surface area contributed by atoms with Crippen LogP contribution in [0.4, 0.5) is 4.79 Å². The maximum atomic E-state index is 12.3. The number of fused-ring (bicyclic) bond motifs is 3. The van der Waals surface area contributed by atoms with E-state index in [9.17, 15) is 14.7 Å². The molecule has 5 rings (SSSR count). The summed E-state index contributed by atoms with van der Waals surface area (Å²) in [6, 6.07) is 4.38. The minimum absolute atomic E-state index is 0.142. The van der Waals surface area contributed by atoms with E-state index in [2.05, 4.69) is 16.7 Å². The maximum absolute atomic E-state index is 12.3. The molecule has 0 spiro atoms. The first kappa shape index (κ1) is 24.1. The van der Waals surface area contributed by atoms with E-state index in [1.54, 1.807) is 12.0 Å². The number of imidazole rings is 1. The summed E-state index contributed by atoms with van der Waals surface area (Å²) in [6.45, 7) is 2.04. The van der Waals surface area contributed by atoms with E-state index in [1.807, 2.05) is 0 Å². The molecule has 2 heterocycles. The Hall–Kier alpha value is -2.61. The lowest BCUT2D eigenvalue weighted by Gasteiger charge is -2.30. The van der Waals surface area contributed by atoms with Gasteiger partial charge in [-0.05, 0) is 68.9 Å². The van der Waals surface area contributed by atoms with E-state index in [0.717, 1.165) is 80.3 Å². The predicted molar refractivity (Wildman–Crippen MR) is 131 cm³/mol. The van der Waals surface area contributed by atoms with Crippen molar-refractivity contribution in [3.63, 3.8) is 0 Å². The zero-order chi connectivity index (χ0) is 24.5. The van der Waals surface area contributed by atoms with Crippen molar-refractivity contribution >= 4 is 23.1 Å². The SMILES string of the molecule is COC(=O)N1CCc2ccc3c(nc([C@H]4CCC[C@H](C(=O)O)C4)n3C[C@H]3CC[C@@H](OC)CC3)c2C1. The third kappa shape index (κ3) is 4.77. The summed E-state index contributed by atoms with van der Waals surface area (Å²) in [5.74, 6) is 0.732. The second-order valence-electron chi connectivity index (χ2n) is 10.6. The van der Waals surface area contributed by atoms with Crippen LogP contribution in [0.15, 0.2) is 12.1 Å². The van der Waals surface area contributed by atoms with Crippen LogP contribution >= 0.6 is 0 Å². The van der Waals surface area contributed by atoms with Crippen LogP contribution in [0, 0.1) is 11.8 Å². The highest BCUT2D eigenvalue weighted by atomic mass is 16.5. The summed E-state index contributed by atoms with van der Waals surface area (Å²) in [5.41, 5.74) is 4.42. The molecule has 0 saturated heterocycles. The maximum Gasteiger partial charge on any atom is 0.409 e. The lowest BCUT2D eigenvalue weighted by molar-refractivity contribution is -0.143. The molecular formula is C27H37N3O5. The van der Waals surface area contributed by atoms with Gasteiger partial charge in [-0.1, -0.05) is 12.5 Å². The number of nitrogens with zero attached hydrogens (tertiary/aromatic N) is 3. The van der Waals surface area contributed by atoms with Crippen molar-refractivity contribution in [2.24, 2.45) is 11.8 Å². The minimum Gasteiger partial charge on any atom is -0.481 e.